The summed E-state index contributed by atoms with van der Waals surface area (Å²) in [6.07, 6.45) is 7.04. The van der Waals surface area contributed by atoms with Gasteiger partial charge in [0.1, 0.15) is 11.6 Å². The van der Waals surface area contributed by atoms with Gasteiger partial charge < -0.3 is 38.1 Å². The average Bonchev–Trinajstić information content (AvgIpc) is 1.60. The van der Waals surface area contributed by atoms with E-state index in [0.717, 1.165) is 114 Å². The summed E-state index contributed by atoms with van der Waals surface area (Å²) < 4.78 is 57.1. The molecule has 6 aromatic carbocycles. The maximum Gasteiger partial charge on any atom is 0.488 e. The SMILES string of the molecule is C.CC(C)(C)C(=O)n1ncc2cc3c(cc21)c(I)c(C1CCOCC1)n3-c1ccc(F)cc1.COC(=O)c1ccc(-c2c(C3CCOCC3)n(-c3ccc(F)cc3)c3cc4cnn(C(=O)C(C)(C)C)c4cc23)cc1.COC(=O)c1ccc(B(O)O)cc1. The van der Waals surface area contributed by atoms with Gasteiger partial charge in [0.2, 0.25) is 0 Å². The second-order valence-electron chi connectivity index (χ2n) is 23.5. The van der Waals surface area contributed by atoms with E-state index in [1.165, 1.54) is 77.8 Å². The zero-order chi connectivity index (χ0) is 61.4. The molecule has 0 bridgehead atoms. The van der Waals surface area contributed by atoms with Crippen LogP contribution >= 0.6 is 22.6 Å². The Hall–Kier alpha value is -7.89. The van der Waals surface area contributed by atoms with E-state index in [-0.39, 0.29) is 36.8 Å². The fourth-order valence-corrected chi connectivity index (χ4v) is 12.2. The third kappa shape index (κ3) is 13.1. The highest BCUT2D eigenvalue weighted by atomic mass is 127. The Balaban J connectivity index is 0.000000174. The molecule has 0 unspecified atom stereocenters. The van der Waals surface area contributed by atoms with Crippen LogP contribution in [0.2, 0.25) is 0 Å². The lowest BCUT2D eigenvalue weighted by Crippen LogP contribution is -2.29. The Bertz CT molecular complexity index is 4150. The maximum atomic E-state index is 14.1. The minimum atomic E-state index is -1.51. The smallest absolute Gasteiger partial charge is 0.465 e. The molecule has 4 aromatic heterocycles. The van der Waals surface area contributed by atoms with Gasteiger partial charge in [-0.25, -0.2) is 18.4 Å². The average molecular weight is 1300 g/mol. The number of halogens is 3. The number of aromatic nitrogens is 6. The first-order chi connectivity index (χ1) is 41.1. The number of carbonyl (C=O) groups is 4. The van der Waals surface area contributed by atoms with Crippen molar-refractivity contribution in [2.45, 2.75) is 86.5 Å². The molecule has 10 aromatic rings. The molecule has 0 spiro atoms. The normalized spacial score (nSPS) is 14.0. The molecular formula is C67H70BF2IN6O10. The molecule has 2 fully saturated rings. The number of ether oxygens (including phenoxy) is 4. The number of hydrogen-bond donors (Lipinski definition) is 2. The summed E-state index contributed by atoms with van der Waals surface area (Å²) in [6, 6.07) is 34.7. The number of methoxy groups -OCH3 is 2. The van der Waals surface area contributed by atoms with Crippen molar-refractivity contribution in [3.8, 4) is 22.5 Å². The molecule has 2 N–H and O–H groups in total. The molecule has 16 nitrogen and oxygen atoms in total. The van der Waals surface area contributed by atoms with E-state index in [2.05, 4.69) is 64.9 Å². The molecule has 0 amide bonds. The molecule has 2 aliphatic rings. The van der Waals surface area contributed by atoms with Gasteiger partial charge in [0, 0.05) is 103 Å². The first kappa shape index (κ1) is 63.6. The predicted octanol–water partition coefficient (Wildman–Crippen LogP) is 13.2. The molecule has 87 heavy (non-hydrogen) atoms. The zero-order valence-corrected chi connectivity index (χ0v) is 51.2. The van der Waals surface area contributed by atoms with Gasteiger partial charge in [-0.15, -0.1) is 0 Å². The minimum Gasteiger partial charge on any atom is -0.465 e. The van der Waals surface area contributed by atoms with E-state index in [1.807, 2.05) is 71.9 Å². The largest absolute Gasteiger partial charge is 0.488 e. The van der Waals surface area contributed by atoms with Crippen molar-refractivity contribution in [1.29, 1.82) is 0 Å². The third-order valence-corrected chi connectivity index (χ3v) is 16.7. The minimum absolute atomic E-state index is 0. The van der Waals surface area contributed by atoms with E-state index < -0.39 is 29.9 Å². The molecule has 452 valence electrons. The second-order valence-corrected chi connectivity index (χ2v) is 24.6. The van der Waals surface area contributed by atoms with Crippen molar-refractivity contribution in [1.82, 2.24) is 28.7 Å². The Morgan fingerprint density at radius 3 is 1.37 bits per heavy atom. The summed E-state index contributed by atoms with van der Waals surface area (Å²) in [7, 11) is 1.15. The van der Waals surface area contributed by atoms with Gasteiger partial charge in [0.15, 0.2) is 0 Å². The van der Waals surface area contributed by atoms with E-state index in [4.69, 9.17) is 24.3 Å². The van der Waals surface area contributed by atoms with Gasteiger partial charge in [-0.2, -0.15) is 19.6 Å². The van der Waals surface area contributed by atoms with Crippen LogP contribution in [0.4, 0.5) is 8.78 Å². The molecule has 0 aliphatic carbocycles. The highest BCUT2D eigenvalue weighted by Gasteiger charge is 2.32. The Morgan fingerprint density at radius 1 is 0.563 bits per heavy atom. The highest BCUT2D eigenvalue weighted by molar-refractivity contribution is 14.1. The number of carbonyl (C=O) groups excluding carboxylic acids is 4. The Kier molecular flexibility index (Phi) is 19.2. The van der Waals surface area contributed by atoms with Crippen molar-refractivity contribution in [2.75, 3.05) is 40.6 Å². The van der Waals surface area contributed by atoms with Gasteiger partial charge in [-0.3, -0.25) is 9.59 Å². The Morgan fingerprint density at radius 2 is 0.954 bits per heavy atom. The molecular weight excluding hydrogens is 1220 g/mol. The molecule has 2 saturated heterocycles. The van der Waals surface area contributed by atoms with Crippen LogP contribution in [-0.4, -0.2) is 110 Å². The molecule has 6 heterocycles. The van der Waals surface area contributed by atoms with Gasteiger partial charge in [-0.1, -0.05) is 73.2 Å². The molecule has 20 heteroatoms. The van der Waals surface area contributed by atoms with Crippen LogP contribution in [0.5, 0.6) is 0 Å². The summed E-state index contributed by atoms with van der Waals surface area (Å²) >= 11 is 2.42. The molecule has 12 rings (SSSR count). The number of rotatable bonds is 8. The number of hydrogen-bond acceptors (Lipinski definition) is 12. The van der Waals surface area contributed by atoms with Crippen molar-refractivity contribution in [2.24, 2.45) is 10.8 Å². The fraction of sp³-hybridized carbons (Fsp3) is 0.313. The summed E-state index contributed by atoms with van der Waals surface area (Å²) in [5.74, 6) is -1.02. The number of benzene rings is 6. The van der Waals surface area contributed by atoms with E-state index in [1.54, 1.807) is 36.7 Å². The standard InChI is InChI=1S/C33H32FN3O4.C25H25FIN3O2.C8H9BO4.CH4/c1-33(2,3)32(39)37-27-18-26-28(17-23(27)19-35-37)36(25-11-9-24(34)10-12-25)30(21-13-15-41-16-14-21)29(26)20-5-7-22(8-6-20)31(38)40-4;1-25(2,3)24(31)30-20-13-19-21(12-16(20)14-28-30)29(18-6-4-17(26)5-7-18)23(22(19)27)15-8-10-32-11-9-15;1-13-8(10)6-2-4-7(5-3-6)9(11)12;/h5-12,17-19,21H,13-16H2,1-4H3;4-7,12-15H,8-11H2,1-3H3;2-5,11-12H,1H3;1H4. The van der Waals surface area contributed by atoms with Crippen molar-refractivity contribution in [3.63, 3.8) is 0 Å². The first-order valence-electron chi connectivity index (χ1n) is 28.4. The lowest BCUT2D eigenvalue weighted by molar-refractivity contribution is 0.0592. The monoisotopic (exact) mass is 1290 g/mol. The van der Waals surface area contributed by atoms with Crippen molar-refractivity contribution in [3.05, 3.63) is 171 Å². The zero-order valence-electron chi connectivity index (χ0n) is 49.1. The van der Waals surface area contributed by atoms with Crippen LogP contribution in [0.3, 0.4) is 0 Å². The van der Waals surface area contributed by atoms with Crippen LogP contribution in [0.25, 0.3) is 66.1 Å². The predicted molar refractivity (Wildman–Crippen MR) is 343 cm³/mol. The van der Waals surface area contributed by atoms with E-state index in [0.29, 0.717) is 35.7 Å². The van der Waals surface area contributed by atoms with E-state index in [9.17, 15) is 28.0 Å². The van der Waals surface area contributed by atoms with Crippen LogP contribution < -0.4 is 5.46 Å². The van der Waals surface area contributed by atoms with Gasteiger partial charge in [0.25, 0.3) is 11.8 Å². The van der Waals surface area contributed by atoms with Crippen molar-refractivity contribution < 1.29 is 57.0 Å². The molecule has 2 aliphatic heterocycles. The maximum absolute atomic E-state index is 14.1. The second kappa shape index (κ2) is 26.2. The van der Waals surface area contributed by atoms with Crippen LogP contribution in [0, 0.1) is 26.0 Å². The first-order valence-corrected chi connectivity index (χ1v) is 29.4. The van der Waals surface area contributed by atoms with Crippen LogP contribution in [0.1, 0.15) is 128 Å². The van der Waals surface area contributed by atoms with Crippen LogP contribution in [-0.2, 0) is 18.9 Å². The van der Waals surface area contributed by atoms with E-state index >= 15 is 0 Å². The highest BCUT2D eigenvalue weighted by Crippen LogP contribution is 2.46. The number of nitrogens with zero attached hydrogens (tertiary/aromatic N) is 6. The topological polar surface area (TPSA) is 191 Å². The lowest BCUT2D eigenvalue weighted by Gasteiger charge is -2.26. The van der Waals surface area contributed by atoms with Crippen LogP contribution in [0.15, 0.2) is 134 Å². The van der Waals surface area contributed by atoms with Gasteiger partial charge in [0.05, 0.1) is 59.8 Å². The molecule has 0 atom stereocenters. The summed E-state index contributed by atoms with van der Waals surface area (Å²) in [6.45, 7) is 14.1. The summed E-state index contributed by atoms with van der Waals surface area (Å²) in [5.41, 5.74) is 9.56. The molecule has 0 radical (unpaired) electrons. The quantitative estimate of drug-likeness (QED) is 0.0833. The fourth-order valence-electron chi connectivity index (χ4n) is 11.1. The Labute approximate surface area is 517 Å². The third-order valence-electron chi connectivity index (χ3n) is 15.6. The molecule has 0 saturated carbocycles. The van der Waals surface area contributed by atoms with Gasteiger partial charge >= 0.3 is 19.1 Å². The van der Waals surface area contributed by atoms with Gasteiger partial charge in [-0.05, 0) is 156 Å². The number of fused-ring (bicyclic) bond motifs is 4. The number of esters is 2. The lowest BCUT2D eigenvalue weighted by atomic mass is 9.80. The van der Waals surface area contributed by atoms with Crippen molar-refractivity contribution >= 4 is 103 Å². The summed E-state index contributed by atoms with van der Waals surface area (Å²) in [4.78, 5) is 49.5. The summed E-state index contributed by atoms with van der Waals surface area (Å²) in [5, 5.41) is 30.1.